The third-order valence-electron chi connectivity index (χ3n) is 2.60. The normalized spacial score (nSPS) is 14.5. The van der Waals surface area contributed by atoms with Crippen LogP contribution < -0.4 is 0 Å². The van der Waals surface area contributed by atoms with Crippen LogP contribution in [0.3, 0.4) is 0 Å². The van der Waals surface area contributed by atoms with Crippen molar-refractivity contribution in [3.8, 4) is 0 Å². The minimum atomic E-state index is 0. The van der Waals surface area contributed by atoms with Crippen molar-refractivity contribution < 1.29 is 21.1 Å². The van der Waals surface area contributed by atoms with Crippen molar-refractivity contribution in [2.45, 2.75) is 32.1 Å². The maximum Gasteiger partial charge on any atom is 2.00 e. The van der Waals surface area contributed by atoms with Crippen molar-refractivity contribution >= 4 is 0 Å². The Labute approximate surface area is 95.0 Å². The maximum absolute atomic E-state index is 3.87. The number of fused-ring (bicyclic) bond motifs is 1. The summed E-state index contributed by atoms with van der Waals surface area (Å²) in [4.78, 5) is 0. The van der Waals surface area contributed by atoms with Crippen molar-refractivity contribution in [3.63, 3.8) is 0 Å². The molecule has 0 atom stereocenters. The molecule has 0 unspecified atom stereocenters. The molecule has 0 fully saturated rings. The zero-order valence-corrected chi connectivity index (χ0v) is 10.7. The molecule has 2 rings (SSSR count). The van der Waals surface area contributed by atoms with Gasteiger partial charge in [-0.3, -0.25) is 0 Å². The standard InChI is InChI=1S/C12H14.W/c1-2-10-7-8-11-5-3-4-6-12(11)9-10;/h8-9H,1-6H2;/q-2;+2. The molecule has 0 aromatic heterocycles. The molecule has 1 heteroatoms. The van der Waals surface area contributed by atoms with Crippen molar-refractivity contribution in [2.75, 3.05) is 0 Å². The molecule has 0 N–H and O–H groups in total. The van der Waals surface area contributed by atoms with Gasteiger partial charge in [0.05, 0.1) is 0 Å². The average Bonchev–Trinajstić information content (AvgIpc) is 2.17. The van der Waals surface area contributed by atoms with Gasteiger partial charge in [0.15, 0.2) is 0 Å². The van der Waals surface area contributed by atoms with Gasteiger partial charge in [0.25, 0.3) is 0 Å². The molecular weight excluding hydrogens is 328 g/mol. The first-order valence-electron chi connectivity index (χ1n) is 4.72. The third-order valence-corrected chi connectivity index (χ3v) is 2.60. The first-order valence-corrected chi connectivity index (χ1v) is 4.72. The summed E-state index contributed by atoms with van der Waals surface area (Å²) in [6.45, 7) is 3.87. The van der Waals surface area contributed by atoms with E-state index in [1.807, 2.05) is 0 Å². The van der Waals surface area contributed by atoms with Gasteiger partial charge in [0.1, 0.15) is 0 Å². The Morgan fingerprint density at radius 1 is 1.23 bits per heavy atom. The van der Waals surface area contributed by atoms with Crippen molar-refractivity contribution in [3.05, 3.63) is 41.8 Å². The predicted octanol–water partition coefficient (Wildman–Crippen LogP) is 2.74. The van der Waals surface area contributed by atoms with E-state index in [0.717, 1.165) is 6.42 Å². The van der Waals surface area contributed by atoms with Gasteiger partial charge in [-0.25, -0.2) is 0 Å². The van der Waals surface area contributed by atoms with E-state index in [0.29, 0.717) is 0 Å². The largest absolute Gasteiger partial charge is 2.00 e. The summed E-state index contributed by atoms with van der Waals surface area (Å²) in [5, 5.41) is 0. The SMILES string of the molecule is [CH2-]Cc1[c-]cc2c(c1)CCCC2.[W+2]. The zero-order valence-electron chi connectivity index (χ0n) is 7.81. The van der Waals surface area contributed by atoms with Crippen LogP contribution in [0.15, 0.2) is 12.1 Å². The fraction of sp³-hybridized carbons (Fsp3) is 0.417. The summed E-state index contributed by atoms with van der Waals surface area (Å²) in [5.74, 6) is 0. The van der Waals surface area contributed by atoms with Crippen LogP contribution in [0.4, 0.5) is 0 Å². The minimum absolute atomic E-state index is 0. The third kappa shape index (κ3) is 2.44. The van der Waals surface area contributed by atoms with E-state index in [1.165, 1.54) is 36.8 Å². The van der Waals surface area contributed by atoms with Gasteiger partial charge in [0, 0.05) is 0 Å². The Kier molecular flexibility index (Phi) is 4.19. The molecule has 0 bridgehead atoms. The van der Waals surface area contributed by atoms with Gasteiger partial charge >= 0.3 is 21.1 Å². The van der Waals surface area contributed by atoms with Crippen LogP contribution >= 0.6 is 0 Å². The first kappa shape index (κ1) is 11.0. The van der Waals surface area contributed by atoms with Crippen LogP contribution in [0.25, 0.3) is 0 Å². The van der Waals surface area contributed by atoms with Crippen molar-refractivity contribution in [2.24, 2.45) is 0 Å². The molecule has 1 aromatic rings. The fourth-order valence-electron chi connectivity index (χ4n) is 1.86. The number of benzene rings is 1. The number of hydrogen-bond acceptors (Lipinski definition) is 0. The Morgan fingerprint density at radius 2 is 1.92 bits per heavy atom. The summed E-state index contributed by atoms with van der Waals surface area (Å²) in [5.41, 5.74) is 4.31. The molecule has 13 heavy (non-hydrogen) atoms. The van der Waals surface area contributed by atoms with E-state index in [2.05, 4.69) is 25.1 Å². The molecule has 0 saturated heterocycles. The predicted molar refractivity (Wildman–Crippen MR) is 51.0 cm³/mol. The van der Waals surface area contributed by atoms with Crippen LogP contribution in [0.5, 0.6) is 0 Å². The van der Waals surface area contributed by atoms with Gasteiger partial charge in [-0.2, -0.15) is 41.3 Å². The molecular formula is C12H14W. The van der Waals surface area contributed by atoms with E-state index < -0.39 is 0 Å². The summed E-state index contributed by atoms with van der Waals surface area (Å²) >= 11 is 0. The van der Waals surface area contributed by atoms with Crippen molar-refractivity contribution in [1.29, 1.82) is 0 Å². The molecule has 1 aromatic carbocycles. The molecule has 68 valence electrons. The second-order valence-corrected chi connectivity index (χ2v) is 3.47. The molecule has 1 aliphatic carbocycles. The number of hydrogen-bond donors (Lipinski definition) is 0. The van der Waals surface area contributed by atoms with E-state index in [9.17, 15) is 0 Å². The van der Waals surface area contributed by atoms with E-state index in [4.69, 9.17) is 0 Å². The van der Waals surface area contributed by atoms with Gasteiger partial charge < -0.3 is 6.92 Å². The molecule has 0 amide bonds. The van der Waals surface area contributed by atoms with Gasteiger partial charge in [-0.15, -0.1) is 0 Å². The van der Waals surface area contributed by atoms with Crippen molar-refractivity contribution in [1.82, 2.24) is 0 Å². The average molecular weight is 342 g/mol. The summed E-state index contributed by atoms with van der Waals surface area (Å²) in [7, 11) is 0. The van der Waals surface area contributed by atoms with Crippen LogP contribution in [0, 0.1) is 13.0 Å². The monoisotopic (exact) mass is 342 g/mol. The number of rotatable bonds is 1. The molecule has 0 heterocycles. The zero-order chi connectivity index (χ0) is 8.39. The molecule has 0 spiro atoms. The van der Waals surface area contributed by atoms with Crippen LogP contribution in [-0.2, 0) is 40.3 Å². The van der Waals surface area contributed by atoms with E-state index in [-0.39, 0.29) is 21.1 Å². The fourth-order valence-corrected chi connectivity index (χ4v) is 1.86. The molecule has 0 saturated carbocycles. The van der Waals surface area contributed by atoms with E-state index in [1.54, 1.807) is 5.56 Å². The quantitative estimate of drug-likeness (QED) is 0.689. The Morgan fingerprint density at radius 3 is 2.62 bits per heavy atom. The van der Waals surface area contributed by atoms with Crippen LogP contribution in [-0.4, -0.2) is 0 Å². The van der Waals surface area contributed by atoms with Gasteiger partial charge in [-0.05, 0) is 0 Å². The van der Waals surface area contributed by atoms with Gasteiger partial charge in [-0.1, -0.05) is 25.7 Å². The summed E-state index contributed by atoms with van der Waals surface area (Å²) in [6, 6.07) is 7.72. The second-order valence-electron chi connectivity index (χ2n) is 3.47. The topological polar surface area (TPSA) is 0 Å². The molecule has 0 radical (unpaired) electrons. The van der Waals surface area contributed by atoms with Crippen LogP contribution in [0.1, 0.15) is 29.5 Å². The molecule has 0 aliphatic heterocycles. The Bertz CT molecular complexity index is 278. The van der Waals surface area contributed by atoms with Crippen LogP contribution in [0.2, 0.25) is 0 Å². The smallest absolute Gasteiger partial charge is 0.341 e. The maximum atomic E-state index is 3.87. The Balaban J connectivity index is 0.000000845. The Hall–Kier alpha value is -0.0917. The van der Waals surface area contributed by atoms with E-state index >= 15 is 0 Å². The second kappa shape index (κ2) is 4.96. The molecule has 0 nitrogen and oxygen atoms in total. The molecule has 1 aliphatic rings. The van der Waals surface area contributed by atoms with Gasteiger partial charge in [0.2, 0.25) is 0 Å². The summed E-state index contributed by atoms with van der Waals surface area (Å²) in [6.07, 6.45) is 6.09. The first-order chi connectivity index (χ1) is 5.90. The number of aryl methyl sites for hydroxylation is 2. The summed E-state index contributed by atoms with van der Waals surface area (Å²) < 4.78 is 0. The minimum Gasteiger partial charge on any atom is -0.341 e.